The van der Waals surface area contributed by atoms with Gasteiger partial charge in [0, 0.05) is 4.47 Å². The van der Waals surface area contributed by atoms with Crippen molar-refractivity contribution in [2.45, 2.75) is 85.7 Å². The Labute approximate surface area is 232 Å². The van der Waals surface area contributed by atoms with E-state index in [1.165, 1.54) is 5.56 Å². The molecule has 0 aliphatic carbocycles. The van der Waals surface area contributed by atoms with Crippen LogP contribution >= 0.6 is 15.9 Å². The van der Waals surface area contributed by atoms with Gasteiger partial charge in [0.1, 0.15) is 13.2 Å². The summed E-state index contributed by atoms with van der Waals surface area (Å²) in [5.74, 6) is -1.43. The predicted molar refractivity (Wildman–Crippen MR) is 153 cm³/mol. The van der Waals surface area contributed by atoms with Crippen LogP contribution < -0.4 is 0 Å². The third-order valence-corrected chi connectivity index (χ3v) is 6.38. The van der Waals surface area contributed by atoms with Gasteiger partial charge in [-0.2, -0.15) is 0 Å². The van der Waals surface area contributed by atoms with Gasteiger partial charge in [0.25, 0.3) is 0 Å². The van der Waals surface area contributed by atoms with Gasteiger partial charge in [0.2, 0.25) is 0 Å². The van der Waals surface area contributed by atoms with Gasteiger partial charge in [-0.3, -0.25) is 9.59 Å². The maximum absolute atomic E-state index is 11.8. The van der Waals surface area contributed by atoms with Crippen LogP contribution in [-0.2, 0) is 35.5 Å². The summed E-state index contributed by atoms with van der Waals surface area (Å²) < 4.78 is 11.6. The van der Waals surface area contributed by atoms with Gasteiger partial charge in [-0.1, -0.05) is 122 Å². The highest BCUT2D eigenvalue weighted by molar-refractivity contribution is 9.10. The fraction of sp³-hybridized carbons (Fsp3) is 0.548. The van der Waals surface area contributed by atoms with Crippen molar-refractivity contribution in [3.63, 3.8) is 0 Å². The van der Waals surface area contributed by atoms with Crippen LogP contribution in [-0.4, -0.2) is 30.3 Å². The van der Waals surface area contributed by atoms with E-state index >= 15 is 0 Å². The molecule has 0 fully saturated rings. The van der Waals surface area contributed by atoms with Crippen molar-refractivity contribution < 1.29 is 24.2 Å². The van der Waals surface area contributed by atoms with E-state index in [4.69, 9.17) is 9.47 Å². The van der Waals surface area contributed by atoms with Crippen molar-refractivity contribution in [3.05, 3.63) is 69.7 Å². The number of carbonyl (C=O) groups excluding carboxylic acids is 2. The molecule has 206 valence electrons. The molecule has 0 saturated heterocycles. The van der Waals surface area contributed by atoms with E-state index in [1.807, 2.05) is 12.1 Å². The average Bonchev–Trinajstić information content (AvgIpc) is 2.80. The highest BCUT2D eigenvalue weighted by Crippen LogP contribution is 2.28. The highest BCUT2D eigenvalue weighted by Gasteiger charge is 2.34. The zero-order valence-electron chi connectivity index (χ0n) is 24.1. The standard InChI is InChI=1S/C21H32O5.C10H13Br/c1-14(2)18(22)25-12-21(24,13-26-19(23)15(3)4)17-10-8-16(9-11-17)20(5,6)7;1-10(2,3)8-4-6-9(11)7-5-8/h8-11,14-15,24H,12-13H2,1-7H3;4-7H,1-3H3. The number of esters is 2. The summed E-state index contributed by atoms with van der Waals surface area (Å²) in [5, 5.41) is 11.1. The smallest absolute Gasteiger partial charge is 0.308 e. The lowest BCUT2D eigenvalue weighted by atomic mass is 9.85. The van der Waals surface area contributed by atoms with Gasteiger partial charge in [-0.15, -0.1) is 0 Å². The summed E-state index contributed by atoms with van der Waals surface area (Å²) in [4.78, 5) is 23.6. The lowest BCUT2D eigenvalue weighted by Crippen LogP contribution is -2.39. The molecule has 0 atom stereocenters. The Morgan fingerprint density at radius 2 is 0.973 bits per heavy atom. The quantitative estimate of drug-likeness (QED) is 0.349. The van der Waals surface area contributed by atoms with Crippen LogP contribution in [0.3, 0.4) is 0 Å². The predicted octanol–water partition coefficient (Wildman–Crippen LogP) is 7.32. The molecule has 2 aromatic rings. The largest absolute Gasteiger partial charge is 0.462 e. The van der Waals surface area contributed by atoms with Crippen molar-refractivity contribution in [2.24, 2.45) is 11.8 Å². The molecule has 0 amide bonds. The molecular formula is C31H45BrO5. The SMILES string of the molecule is CC(C)(C)c1ccc(Br)cc1.CC(C)C(=O)OCC(O)(COC(=O)C(C)C)c1ccc(C(C)(C)C)cc1. The van der Waals surface area contributed by atoms with Crippen molar-refractivity contribution in [1.82, 2.24) is 0 Å². The highest BCUT2D eigenvalue weighted by atomic mass is 79.9. The minimum absolute atomic E-state index is 0.0230. The molecule has 37 heavy (non-hydrogen) atoms. The number of aliphatic hydroxyl groups is 1. The van der Waals surface area contributed by atoms with Crippen molar-refractivity contribution in [1.29, 1.82) is 0 Å². The van der Waals surface area contributed by atoms with Gasteiger partial charge in [-0.25, -0.2) is 0 Å². The van der Waals surface area contributed by atoms with E-state index in [9.17, 15) is 14.7 Å². The Hall–Kier alpha value is -2.18. The zero-order chi connectivity index (χ0) is 28.6. The molecule has 5 nitrogen and oxygen atoms in total. The molecule has 0 unspecified atom stereocenters. The molecule has 2 rings (SSSR count). The number of benzene rings is 2. The Kier molecular flexibility index (Phi) is 12.0. The normalized spacial score (nSPS) is 12.2. The molecule has 0 saturated carbocycles. The molecule has 0 aliphatic rings. The van der Waals surface area contributed by atoms with E-state index < -0.39 is 17.5 Å². The number of halogens is 1. The van der Waals surface area contributed by atoms with E-state index in [0.29, 0.717) is 5.56 Å². The summed E-state index contributed by atoms with van der Waals surface area (Å²) in [6.07, 6.45) is 0. The molecule has 0 heterocycles. The van der Waals surface area contributed by atoms with Crippen molar-refractivity contribution in [2.75, 3.05) is 13.2 Å². The summed E-state index contributed by atoms with van der Waals surface area (Å²) in [7, 11) is 0. The fourth-order valence-electron chi connectivity index (χ4n) is 3.15. The van der Waals surface area contributed by atoms with Crippen LogP contribution in [0.1, 0.15) is 85.9 Å². The second kappa shape index (κ2) is 13.6. The fourth-order valence-corrected chi connectivity index (χ4v) is 3.42. The van der Waals surface area contributed by atoms with Gasteiger partial charge in [-0.05, 0) is 39.7 Å². The third-order valence-electron chi connectivity index (χ3n) is 5.85. The molecule has 0 spiro atoms. The molecule has 0 aliphatic heterocycles. The lowest BCUT2D eigenvalue weighted by molar-refractivity contribution is -0.168. The summed E-state index contributed by atoms with van der Waals surface area (Å²) in [6.45, 7) is 19.3. The molecule has 6 heteroatoms. The molecule has 0 bridgehead atoms. The van der Waals surface area contributed by atoms with Gasteiger partial charge in [0.05, 0.1) is 11.8 Å². The van der Waals surface area contributed by atoms with Crippen molar-refractivity contribution >= 4 is 27.9 Å². The van der Waals surface area contributed by atoms with E-state index in [2.05, 4.69) is 81.7 Å². The van der Waals surface area contributed by atoms with Crippen LogP contribution in [0.4, 0.5) is 0 Å². The topological polar surface area (TPSA) is 72.8 Å². The second-order valence-corrected chi connectivity index (χ2v) is 13.1. The maximum Gasteiger partial charge on any atom is 0.308 e. The first-order valence-electron chi connectivity index (χ1n) is 12.8. The van der Waals surface area contributed by atoms with E-state index in [1.54, 1.807) is 39.8 Å². The van der Waals surface area contributed by atoms with E-state index in [0.717, 1.165) is 10.0 Å². The van der Waals surface area contributed by atoms with Gasteiger partial charge < -0.3 is 14.6 Å². The first-order chi connectivity index (χ1) is 16.9. The molecule has 0 radical (unpaired) electrons. The maximum atomic E-state index is 11.8. The monoisotopic (exact) mass is 576 g/mol. The lowest BCUT2D eigenvalue weighted by Gasteiger charge is -2.29. The van der Waals surface area contributed by atoms with E-state index in [-0.39, 0.29) is 35.9 Å². The van der Waals surface area contributed by atoms with Gasteiger partial charge >= 0.3 is 11.9 Å². The average molecular weight is 578 g/mol. The van der Waals surface area contributed by atoms with Crippen LogP contribution in [0.2, 0.25) is 0 Å². The minimum atomic E-state index is -1.59. The van der Waals surface area contributed by atoms with Crippen LogP contribution in [0.5, 0.6) is 0 Å². The van der Waals surface area contributed by atoms with Gasteiger partial charge in [0.15, 0.2) is 5.60 Å². The Balaban J connectivity index is 0.000000516. The van der Waals surface area contributed by atoms with Crippen molar-refractivity contribution in [3.8, 4) is 0 Å². The molecule has 2 aromatic carbocycles. The molecular weight excluding hydrogens is 532 g/mol. The number of carbonyl (C=O) groups is 2. The third kappa shape index (κ3) is 11.0. The summed E-state index contributed by atoms with van der Waals surface area (Å²) >= 11 is 3.41. The van der Waals surface area contributed by atoms with Crippen LogP contribution in [0.25, 0.3) is 0 Å². The number of rotatable bonds is 7. The Morgan fingerprint density at radius 3 is 1.27 bits per heavy atom. The number of ether oxygens (including phenoxy) is 2. The first-order valence-corrected chi connectivity index (χ1v) is 13.6. The zero-order valence-corrected chi connectivity index (χ0v) is 25.7. The second-order valence-electron chi connectivity index (χ2n) is 12.1. The molecule has 0 aromatic heterocycles. The summed E-state index contributed by atoms with van der Waals surface area (Å²) in [5.41, 5.74) is 1.68. The molecule has 1 N–H and O–H groups in total. The number of hydrogen-bond donors (Lipinski definition) is 1. The minimum Gasteiger partial charge on any atom is -0.462 e. The number of hydrogen-bond acceptors (Lipinski definition) is 5. The Morgan fingerprint density at radius 1 is 0.676 bits per heavy atom. The van der Waals surface area contributed by atoms with Crippen LogP contribution in [0.15, 0.2) is 53.0 Å². The summed E-state index contributed by atoms with van der Waals surface area (Å²) in [6, 6.07) is 15.9. The van der Waals surface area contributed by atoms with Crippen LogP contribution in [0, 0.1) is 11.8 Å². The first kappa shape index (κ1) is 32.8. The Bertz CT molecular complexity index is 970.